The highest BCUT2D eigenvalue weighted by Gasteiger charge is 2.07. The Balaban J connectivity index is 1.37. The molecule has 26 heavy (non-hydrogen) atoms. The van der Waals surface area contributed by atoms with Gasteiger partial charge >= 0.3 is 0 Å². The molecule has 0 bridgehead atoms. The van der Waals surface area contributed by atoms with Crippen molar-refractivity contribution in [2.75, 3.05) is 11.9 Å². The van der Waals surface area contributed by atoms with Crippen LogP contribution in [0.2, 0.25) is 0 Å². The second-order valence-electron chi connectivity index (χ2n) is 5.69. The van der Waals surface area contributed by atoms with Crippen molar-refractivity contribution in [2.45, 2.75) is 6.42 Å². The van der Waals surface area contributed by atoms with E-state index in [1.54, 1.807) is 29.5 Å². The zero-order chi connectivity index (χ0) is 17.8. The summed E-state index contributed by atoms with van der Waals surface area (Å²) in [4.78, 5) is 17.3. The molecule has 130 valence electrons. The molecule has 0 spiro atoms. The maximum Gasteiger partial charge on any atom is 0.223 e. The standard InChI is InChI=1S/C17H17N9/c1-26-11-13(10-21-26)14-4-7-19-17(22-14)20-8-5-15-23-16(25-24-15)12-3-2-6-18-9-12/h2-4,6-7,9-11H,5,8H2,1H3,(H,19,20,22)(H,23,24,25). The molecule has 9 heteroatoms. The molecule has 4 aromatic heterocycles. The van der Waals surface area contributed by atoms with E-state index in [4.69, 9.17) is 0 Å². The normalized spacial score (nSPS) is 10.8. The van der Waals surface area contributed by atoms with Gasteiger partial charge in [0, 0.05) is 55.9 Å². The molecule has 0 amide bonds. The van der Waals surface area contributed by atoms with Gasteiger partial charge in [-0.15, -0.1) is 0 Å². The van der Waals surface area contributed by atoms with Crippen LogP contribution in [-0.2, 0) is 13.5 Å². The third kappa shape index (κ3) is 3.56. The third-order valence-electron chi connectivity index (χ3n) is 3.75. The Morgan fingerprint density at radius 2 is 2.08 bits per heavy atom. The van der Waals surface area contributed by atoms with Crippen molar-refractivity contribution in [3.8, 4) is 22.6 Å². The SMILES string of the molecule is Cn1cc(-c2ccnc(NCCc3nc(-c4cccnc4)n[nH]3)n2)cn1. The van der Waals surface area contributed by atoms with Gasteiger partial charge in [-0.05, 0) is 18.2 Å². The van der Waals surface area contributed by atoms with Crippen LogP contribution in [0, 0.1) is 0 Å². The molecule has 4 aromatic rings. The minimum Gasteiger partial charge on any atom is -0.354 e. The number of aromatic nitrogens is 8. The van der Waals surface area contributed by atoms with Crippen molar-refractivity contribution in [1.29, 1.82) is 0 Å². The molecule has 0 aliphatic carbocycles. The van der Waals surface area contributed by atoms with Crippen molar-refractivity contribution in [1.82, 2.24) is 39.9 Å². The maximum absolute atomic E-state index is 4.51. The van der Waals surface area contributed by atoms with Crippen molar-refractivity contribution in [3.63, 3.8) is 0 Å². The third-order valence-corrected chi connectivity index (χ3v) is 3.75. The topological polar surface area (TPSA) is 110 Å². The molecule has 0 unspecified atom stereocenters. The Morgan fingerprint density at radius 1 is 1.12 bits per heavy atom. The van der Waals surface area contributed by atoms with E-state index in [0.717, 1.165) is 22.6 Å². The van der Waals surface area contributed by atoms with Crippen LogP contribution in [0.5, 0.6) is 0 Å². The van der Waals surface area contributed by atoms with E-state index in [1.807, 2.05) is 31.4 Å². The number of anilines is 1. The quantitative estimate of drug-likeness (QED) is 0.546. The summed E-state index contributed by atoms with van der Waals surface area (Å²) < 4.78 is 1.74. The van der Waals surface area contributed by atoms with Gasteiger partial charge < -0.3 is 5.32 Å². The molecule has 0 aromatic carbocycles. The number of hydrogen-bond acceptors (Lipinski definition) is 7. The Hall–Kier alpha value is -3.62. The van der Waals surface area contributed by atoms with Crippen molar-refractivity contribution < 1.29 is 0 Å². The molecule has 0 aliphatic rings. The highest BCUT2D eigenvalue weighted by Crippen LogP contribution is 2.16. The average molecular weight is 347 g/mol. The van der Waals surface area contributed by atoms with Crippen LogP contribution >= 0.6 is 0 Å². The van der Waals surface area contributed by atoms with Crippen LogP contribution in [0.25, 0.3) is 22.6 Å². The van der Waals surface area contributed by atoms with Crippen LogP contribution in [0.4, 0.5) is 5.95 Å². The first-order valence-corrected chi connectivity index (χ1v) is 8.15. The fourth-order valence-corrected chi connectivity index (χ4v) is 2.48. The lowest BCUT2D eigenvalue weighted by Crippen LogP contribution is -2.09. The Morgan fingerprint density at radius 3 is 2.88 bits per heavy atom. The molecular formula is C17H17N9. The Labute approximate surface area is 149 Å². The van der Waals surface area contributed by atoms with Gasteiger partial charge in [0.05, 0.1) is 11.9 Å². The summed E-state index contributed by atoms with van der Waals surface area (Å²) in [6.45, 7) is 0.637. The monoisotopic (exact) mass is 347 g/mol. The highest BCUT2D eigenvalue weighted by molar-refractivity contribution is 5.57. The fraction of sp³-hybridized carbons (Fsp3) is 0.176. The van der Waals surface area contributed by atoms with Gasteiger partial charge in [-0.1, -0.05) is 0 Å². The van der Waals surface area contributed by atoms with Gasteiger partial charge in [-0.3, -0.25) is 14.8 Å². The van der Waals surface area contributed by atoms with Crippen LogP contribution in [-0.4, -0.2) is 46.5 Å². The fourth-order valence-electron chi connectivity index (χ4n) is 2.48. The van der Waals surface area contributed by atoms with Gasteiger partial charge in [0.25, 0.3) is 0 Å². The first-order chi connectivity index (χ1) is 12.8. The number of rotatable bonds is 6. The minimum absolute atomic E-state index is 0.568. The number of pyridine rings is 1. The lowest BCUT2D eigenvalue weighted by atomic mass is 10.2. The molecule has 0 aliphatic heterocycles. The zero-order valence-corrected chi connectivity index (χ0v) is 14.2. The van der Waals surface area contributed by atoms with E-state index in [0.29, 0.717) is 24.7 Å². The van der Waals surface area contributed by atoms with E-state index < -0.39 is 0 Å². The van der Waals surface area contributed by atoms with Gasteiger partial charge in [-0.2, -0.15) is 10.2 Å². The first kappa shape index (κ1) is 15.9. The summed E-state index contributed by atoms with van der Waals surface area (Å²) in [6.07, 6.45) is 9.56. The van der Waals surface area contributed by atoms with Crippen LogP contribution in [0.3, 0.4) is 0 Å². The predicted octanol–water partition coefficient (Wildman–Crippen LogP) is 1.71. The molecule has 4 rings (SSSR count). The molecule has 2 N–H and O–H groups in total. The molecule has 0 saturated heterocycles. The lowest BCUT2D eigenvalue weighted by Gasteiger charge is -2.04. The molecule has 0 radical (unpaired) electrons. The lowest BCUT2D eigenvalue weighted by molar-refractivity contribution is 0.768. The second-order valence-corrected chi connectivity index (χ2v) is 5.69. The second kappa shape index (κ2) is 7.09. The van der Waals surface area contributed by atoms with E-state index in [9.17, 15) is 0 Å². The number of hydrogen-bond donors (Lipinski definition) is 2. The van der Waals surface area contributed by atoms with Gasteiger partial charge in [-0.25, -0.2) is 15.0 Å². The molecule has 0 saturated carbocycles. The van der Waals surface area contributed by atoms with Crippen LogP contribution in [0.15, 0.2) is 49.2 Å². The van der Waals surface area contributed by atoms with E-state index in [-0.39, 0.29) is 0 Å². The summed E-state index contributed by atoms with van der Waals surface area (Å²) in [5, 5.41) is 14.5. The summed E-state index contributed by atoms with van der Waals surface area (Å²) in [6, 6.07) is 5.65. The maximum atomic E-state index is 4.51. The average Bonchev–Trinajstić information content (AvgIpc) is 3.32. The zero-order valence-electron chi connectivity index (χ0n) is 14.2. The van der Waals surface area contributed by atoms with Crippen molar-refractivity contribution >= 4 is 5.95 Å². The number of aromatic amines is 1. The smallest absolute Gasteiger partial charge is 0.223 e. The molecular weight excluding hydrogens is 330 g/mol. The largest absolute Gasteiger partial charge is 0.354 e. The van der Waals surface area contributed by atoms with Crippen LogP contribution < -0.4 is 5.32 Å². The molecule has 0 atom stereocenters. The summed E-state index contributed by atoms with van der Waals surface area (Å²) in [5.41, 5.74) is 2.67. The van der Waals surface area contributed by atoms with Gasteiger partial charge in [0.2, 0.25) is 5.95 Å². The Bertz CT molecular complexity index is 990. The number of aryl methyl sites for hydroxylation is 1. The van der Waals surface area contributed by atoms with Gasteiger partial charge in [0.15, 0.2) is 5.82 Å². The van der Waals surface area contributed by atoms with E-state index >= 15 is 0 Å². The molecule has 0 fully saturated rings. The number of nitrogens with zero attached hydrogens (tertiary/aromatic N) is 7. The number of nitrogens with one attached hydrogen (secondary N) is 2. The molecule has 9 nitrogen and oxygen atoms in total. The molecule has 4 heterocycles. The summed E-state index contributed by atoms with van der Waals surface area (Å²) in [5.74, 6) is 2.00. The van der Waals surface area contributed by atoms with Gasteiger partial charge in [0.1, 0.15) is 5.82 Å². The highest BCUT2D eigenvalue weighted by atomic mass is 15.2. The summed E-state index contributed by atoms with van der Waals surface area (Å²) in [7, 11) is 1.88. The van der Waals surface area contributed by atoms with E-state index in [2.05, 4.69) is 40.5 Å². The van der Waals surface area contributed by atoms with Crippen LogP contribution in [0.1, 0.15) is 5.82 Å². The van der Waals surface area contributed by atoms with Crippen molar-refractivity contribution in [2.24, 2.45) is 7.05 Å². The Kier molecular flexibility index (Phi) is 4.33. The minimum atomic E-state index is 0.568. The predicted molar refractivity (Wildman–Crippen MR) is 96.0 cm³/mol. The summed E-state index contributed by atoms with van der Waals surface area (Å²) >= 11 is 0. The number of H-pyrrole nitrogens is 1. The van der Waals surface area contributed by atoms with Crippen molar-refractivity contribution in [3.05, 3.63) is 55.0 Å². The first-order valence-electron chi connectivity index (χ1n) is 8.15. The van der Waals surface area contributed by atoms with E-state index in [1.165, 1.54) is 0 Å².